The van der Waals surface area contributed by atoms with Crippen LogP contribution in [0.2, 0.25) is 5.02 Å². The maximum Gasteiger partial charge on any atom is 0.174 e. The van der Waals surface area contributed by atoms with Gasteiger partial charge in [0.25, 0.3) is 0 Å². The van der Waals surface area contributed by atoms with Crippen LogP contribution in [0.4, 0.5) is 5.69 Å². The Kier molecular flexibility index (Phi) is 6.13. The third-order valence-electron chi connectivity index (χ3n) is 5.91. The van der Waals surface area contributed by atoms with Crippen LogP contribution in [0, 0.1) is 0 Å². The van der Waals surface area contributed by atoms with Gasteiger partial charge in [0, 0.05) is 34.9 Å². The van der Waals surface area contributed by atoms with Gasteiger partial charge in [-0.1, -0.05) is 23.7 Å². The van der Waals surface area contributed by atoms with Gasteiger partial charge in [0.05, 0.1) is 31.6 Å². The summed E-state index contributed by atoms with van der Waals surface area (Å²) < 4.78 is 13.3. The van der Waals surface area contributed by atoms with E-state index in [0.29, 0.717) is 21.6 Å². The van der Waals surface area contributed by atoms with E-state index in [1.54, 1.807) is 20.4 Å². The SMILES string of the molecule is COc1ccc(N2C(=S)NC(c3ccccn3)C2c2cccn2-c2cccc(Cl)c2)c(OC)c1. The largest absolute Gasteiger partial charge is 0.497 e. The molecule has 2 atom stereocenters. The van der Waals surface area contributed by atoms with Gasteiger partial charge in [0.15, 0.2) is 5.11 Å². The lowest BCUT2D eigenvalue weighted by molar-refractivity contribution is 0.394. The van der Waals surface area contributed by atoms with Gasteiger partial charge in [0.1, 0.15) is 17.5 Å². The Morgan fingerprint density at radius 2 is 1.85 bits per heavy atom. The number of halogens is 1. The van der Waals surface area contributed by atoms with Crippen molar-refractivity contribution in [3.8, 4) is 17.2 Å². The minimum absolute atomic E-state index is 0.187. The van der Waals surface area contributed by atoms with Crippen molar-refractivity contribution in [2.45, 2.75) is 12.1 Å². The summed E-state index contributed by atoms with van der Waals surface area (Å²) in [6, 6.07) is 23.1. The lowest BCUT2D eigenvalue weighted by atomic mass is 10.0. The molecule has 1 N–H and O–H groups in total. The lowest BCUT2D eigenvalue weighted by Gasteiger charge is -2.30. The zero-order valence-corrected chi connectivity index (χ0v) is 20.3. The first kappa shape index (κ1) is 22.3. The van der Waals surface area contributed by atoms with Crippen molar-refractivity contribution in [3.63, 3.8) is 0 Å². The number of aromatic nitrogens is 2. The molecule has 5 rings (SSSR count). The van der Waals surface area contributed by atoms with E-state index >= 15 is 0 Å². The summed E-state index contributed by atoms with van der Waals surface area (Å²) in [6.07, 6.45) is 3.82. The fourth-order valence-electron chi connectivity index (χ4n) is 4.39. The van der Waals surface area contributed by atoms with Crippen LogP contribution in [0.25, 0.3) is 5.69 Å². The fraction of sp³-hybridized carbons (Fsp3) is 0.154. The lowest BCUT2D eigenvalue weighted by Crippen LogP contribution is -2.30. The third-order valence-corrected chi connectivity index (χ3v) is 6.46. The van der Waals surface area contributed by atoms with Crippen molar-refractivity contribution in [1.82, 2.24) is 14.9 Å². The van der Waals surface area contributed by atoms with E-state index in [2.05, 4.69) is 25.8 Å². The maximum absolute atomic E-state index is 6.32. The Bertz CT molecular complexity index is 1330. The van der Waals surface area contributed by atoms with Gasteiger partial charge in [-0.3, -0.25) is 4.98 Å². The highest BCUT2D eigenvalue weighted by atomic mass is 35.5. The summed E-state index contributed by atoms with van der Waals surface area (Å²) in [5.74, 6) is 1.37. The van der Waals surface area contributed by atoms with Gasteiger partial charge in [-0.05, 0) is 66.8 Å². The van der Waals surface area contributed by atoms with Crippen LogP contribution in [-0.2, 0) is 0 Å². The number of anilines is 1. The minimum atomic E-state index is -0.210. The summed E-state index contributed by atoms with van der Waals surface area (Å²) in [5.41, 5.74) is 3.72. The van der Waals surface area contributed by atoms with E-state index < -0.39 is 0 Å². The topological polar surface area (TPSA) is 51.5 Å². The molecule has 172 valence electrons. The molecule has 6 nitrogen and oxygen atoms in total. The second-order valence-electron chi connectivity index (χ2n) is 7.82. The standard InChI is InChI=1S/C26H23ClN4O2S/c1-32-19-11-12-21(23(16-19)33-2)31-25(24(29-26(31)34)20-9-3-4-13-28-20)22-10-6-14-30(22)18-8-5-7-17(27)15-18/h3-16,24-25H,1-2H3,(H,29,34). The van der Waals surface area contributed by atoms with E-state index in [-0.39, 0.29) is 12.1 Å². The van der Waals surface area contributed by atoms with E-state index in [9.17, 15) is 0 Å². The number of hydrogen-bond donors (Lipinski definition) is 1. The molecule has 1 aliphatic rings. The van der Waals surface area contributed by atoms with E-state index in [0.717, 1.165) is 22.8 Å². The Labute approximate surface area is 208 Å². The summed E-state index contributed by atoms with van der Waals surface area (Å²) in [5, 5.41) is 4.76. The minimum Gasteiger partial charge on any atom is -0.497 e. The van der Waals surface area contributed by atoms with Crippen LogP contribution in [0.3, 0.4) is 0 Å². The van der Waals surface area contributed by atoms with E-state index in [4.69, 9.17) is 33.3 Å². The highest BCUT2D eigenvalue weighted by molar-refractivity contribution is 7.80. The molecule has 0 saturated carbocycles. The van der Waals surface area contributed by atoms with Gasteiger partial charge < -0.3 is 24.3 Å². The average Bonchev–Trinajstić information content (AvgIpc) is 3.48. The number of nitrogens with zero attached hydrogens (tertiary/aromatic N) is 3. The molecule has 34 heavy (non-hydrogen) atoms. The molecule has 0 aliphatic carbocycles. The van der Waals surface area contributed by atoms with Crippen molar-refractivity contribution in [2.75, 3.05) is 19.1 Å². The van der Waals surface area contributed by atoms with Crippen LogP contribution < -0.4 is 19.7 Å². The van der Waals surface area contributed by atoms with Crippen molar-refractivity contribution in [1.29, 1.82) is 0 Å². The maximum atomic E-state index is 6.32. The monoisotopic (exact) mass is 490 g/mol. The van der Waals surface area contributed by atoms with Crippen LogP contribution in [0.5, 0.6) is 11.5 Å². The van der Waals surface area contributed by atoms with Crippen LogP contribution >= 0.6 is 23.8 Å². The summed E-state index contributed by atoms with van der Waals surface area (Å²) in [6.45, 7) is 0. The fourth-order valence-corrected chi connectivity index (χ4v) is 4.92. The molecule has 0 bridgehead atoms. The number of thiocarbonyl (C=S) groups is 1. The van der Waals surface area contributed by atoms with E-state index in [1.807, 2.05) is 72.9 Å². The summed E-state index contributed by atoms with van der Waals surface area (Å²) in [4.78, 5) is 6.73. The van der Waals surface area contributed by atoms with Gasteiger partial charge >= 0.3 is 0 Å². The van der Waals surface area contributed by atoms with Gasteiger partial charge in [0.2, 0.25) is 0 Å². The Balaban J connectivity index is 1.69. The van der Waals surface area contributed by atoms with Gasteiger partial charge in [-0.2, -0.15) is 0 Å². The first-order chi connectivity index (χ1) is 16.6. The Morgan fingerprint density at radius 3 is 2.59 bits per heavy atom. The molecule has 1 fully saturated rings. The summed E-state index contributed by atoms with van der Waals surface area (Å²) in [7, 11) is 3.28. The second-order valence-corrected chi connectivity index (χ2v) is 8.64. The smallest absolute Gasteiger partial charge is 0.174 e. The molecule has 4 aromatic rings. The highest BCUT2D eigenvalue weighted by Gasteiger charge is 2.43. The highest BCUT2D eigenvalue weighted by Crippen LogP contribution is 2.45. The number of methoxy groups -OCH3 is 2. The number of ether oxygens (including phenoxy) is 2. The molecule has 2 unspecified atom stereocenters. The van der Waals surface area contributed by atoms with Crippen molar-refractivity contribution in [2.24, 2.45) is 0 Å². The van der Waals surface area contributed by atoms with Crippen LogP contribution in [-0.4, -0.2) is 28.9 Å². The summed E-state index contributed by atoms with van der Waals surface area (Å²) >= 11 is 12.2. The van der Waals surface area contributed by atoms with Gasteiger partial charge in [-0.25, -0.2) is 0 Å². The molecule has 0 spiro atoms. The molecule has 0 radical (unpaired) electrons. The first-order valence-corrected chi connectivity index (χ1v) is 11.5. The first-order valence-electron chi connectivity index (χ1n) is 10.8. The molecule has 2 aromatic carbocycles. The molecule has 1 aliphatic heterocycles. The van der Waals surface area contributed by atoms with Crippen molar-refractivity contribution in [3.05, 3.63) is 102 Å². The van der Waals surface area contributed by atoms with E-state index in [1.165, 1.54) is 0 Å². The molecular weight excluding hydrogens is 468 g/mol. The van der Waals surface area contributed by atoms with Crippen LogP contribution in [0.1, 0.15) is 23.5 Å². The zero-order valence-electron chi connectivity index (χ0n) is 18.7. The Hall–Kier alpha value is -3.55. The molecule has 1 saturated heterocycles. The normalized spacial score (nSPS) is 17.5. The molecule has 0 amide bonds. The van der Waals surface area contributed by atoms with Crippen molar-refractivity contribution < 1.29 is 9.47 Å². The molecule has 8 heteroatoms. The zero-order chi connectivity index (χ0) is 23.7. The molecular formula is C26H23ClN4O2S. The number of benzene rings is 2. The number of pyridine rings is 1. The molecule has 3 heterocycles. The molecule has 2 aromatic heterocycles. The number of hydrogen-bond acceptors (Lipinski definition) is 4. The number of nitrogens with one attached hydrogen (secondary N) is 1. The predicted octanol–water partition coefficient (Wildman–Crippen LogP) is 5.72. The average molecular weight is 491 g/mol. The van der Waals surface area contributed by atoms with Crippen LogP contribution in [0.15, 0.2) is 85.2 Å². The third kappa shape index (κ3) is 3.97. The quantitative estimate of drug-likeness (QED) is 0.349. The Morgan fingerprint density at radius 1 is 0.971 bits per heavy atom. The number of rotatable bonds is 6. The second kappa shape index (κ2) is 9.37. The van der Waals surface area contributed by atoms with Gasteiger partial charge in [-0.15, -0.1) is 0 Å². The predicted molar refractivity (Wildman–Crippen MR) is 138 cm³/mol. The van der Waals surface area contributed by atoms with Crippen molar-refractivity contribution >= 4 is 34.6 Å².